The van der Waals surface area contributed by atoms with E-state index in [1.807, 2.05) is 11.6 Å². The lowest BCUT2D eigenvalue weighted by molar-refractivity contribution is 0.458. The molecule has 0 aliphatic carbocycles. The van der Waals surface area contributed by atoms with Gasteiger partial charge < -0.3 is 4.98 Å². The van der Waals surface area contributed by atoms with Gasteiger partial charge in [-0.3, -0.25) is 8.78 Å². The molecule has 0 radical (unpaired) electrons. The lowest BCUT2D eigenvalue weighted by Crippen LogP contribution is -2.22. The monoisotopic (exact) mass is 298 g/mol. The molecule has 0 saturated carbocycles. The van der Waals surface area contributed by atoms with Gasteiger partial charge in [0, 0.05) is 34.9 Å². The molecule has 3 heterocycles. The zero-order chi connectivity index (χ0) is 13.6. The maximum Gasteiger partial charge on any atom is 0.179 e. The SMILES string of the molecule is CCn1nc(C)c2[nH]c(=S)n(C3CCS(=O)CC3)c21. The molecule has 1 saturated heterocycles. The van der Waals surface area contributed by atoms with Gasteiger partial charge in [-0.1, -0.05) is 0 Å². The van der Waals surface area contributed by atoms with Gasteiger partial charge in [0.15, 0.2) is 10.4 Å². The van der Waals surface area contributed by atoms with Crippen molar-refractivity contribution in [2.75, 3.05) is 11.5 Å². The minimum Gasteiger partial charge on any atom is -0.328 e. The number of rotatable bonds is 2. The van der Waals surface area contributed by atoms with E-state index in [0.29, 0.717) is 6.04 Å². The number of H-pyrrole nitrogens is 1. The summed E-state index contributed by atoms with van der Waals surface area (Å²) in [7, 11) is -0.645. The first kappa shape index (κ1) is 13.1. The average Bonchev–Trinajstić information content (AvgIpc) is 2.88. The van der Waals surface area contributed by atoms with Crippen LogP contribution in [0.25, 0.3) is 11.2 Å². The maximum absolute atomic E-state index is 11.5. The summed E-state index contributed by atoms with van der Waals surface area (Å²) in [6.45, 7) is 4.91. The second-order valence-electron chi connectivity index (χ2n) is 4.98. The van der Waals surface area contributed by atoms with Crippen LogP contribution < -0.4 is 0 Å². The van der Waals surface area contributed by atoms with Crippen molar-refractivity contribution < 1.29 is 4.21 Å². The van der Waals surface area contributed by atoms with Crippen LogP contribution in [0, 0.1) is 11.7 Å². The molecule has 19 heavy (non-hydrogen) atoms. The van der Waals surface area contributed by atoms with E-state index >= 15 is 0 Å². The number of imidazole rings is 1. The third-order valence-corrected chi connectivity index (χ3v) is 5.48. The van der Waals surface area contributed by atoms with Crippen molar-refractivity contribution in [3.8, 4) is 0 Å². The van der Waals surface area contributed by atoms with Crippen LogP contribution in [0.2, 0.25) is 0 Å². The predicted molar refractivity (Wildman–Crippen MR) is 79.5 cm³/mol. The number of aryl methyl sites for hydroxylation is 2. The van der Waals surface area contributed by atoms with Gasteiger partial charge in [-0.05, 0) is 38.9 Å². The highest BCUT2D eigenvalue weighted by atomic mass is 32.2. The van der Waals surface area contributed by atoms with Crippen molar-refractivity contribution in [1.29, 1.82) is 0 Å². The molecule has 1 fully saturated rings. The minimum absolute atomic E-state index is 0.348. The van der Waals surface area contributed by atoms with E-state index in [2.05, 4.69) is 21.6 Å². The van der Waals surface area contributed by atoms with Gasteiger partial charge in [0.25, 0.3) is 0 Å². The number of hydrogen-bond acceptors (Lipinski definition) is 3. The second kappa shape index (κ2) is 4.86. The van der Waals surface area contributed by atoms with E-state index in [0.717, 1.165) is 52.5 Å². The molecule has 0 spiro atoms. The zero-order valence-electron chi connectivity index (χ0n) is 11.2. The Morgan fingerprint density at radius 3 is 2.79 bits per heavy atom. The number of nitrogens with one attached hydrogen (secondary N) is 1. The quantitative estimate of drug-likeness (QED) is 0.866. The molecule has 1 N–H and O–H groups in total. The number of aromatic nitrogens is 4. The van der Waals surface area contributed by atoms with Crippen molar-refractivity contribution >= 4 is 34.2 Å². The van der Waals surface area contributed by atoms with Crippen LogP contribution in [-0.4, -0.2) is 35.0 Å². The Morgan fingerprint density at radius 1 is 1.47 bits per heavy atom. The lowest BCUT2D eigenvalue weighted by Gasteiger charge is -2.23. The topological polar surface area (TPSA) is 55.6 Å². The van der Waals surface area contributed by atoms with Gasteiger partial charge in [-0.2, -0.15) is 5.10 Å². The first-order chi connectivity index (χ1) is 9.11. The predicted octanol–water partition coefficient (Wildman–Crippen LogP) is 2.31. The summed E-state index contributed by atoms with van der Waals surface area (Å²) >= 11 is 5.47. The standard InChI is InChI=1S/C12H18N4OS2/c1-3-15-11-10(8(2)14-15)13-12(18)16(11)9-4-6-19(17)7-5-9/h9H,3-7H2,1-2H3,(H,13,18). The molecule has 0 aromatic carbocycles. The number of hydrogen-bond donors (Lipinski definition) is 1. The Hall–Kier alpha value is -0.950. The molecule has 2 aromatic rings. The third-order valence-electron chi connectivity index (χ3n) is 3.80. The summed E-state index contributed by atoms with van der Waals surface area (Å²) in [5.74, 6) is 1.55. The van der Waals surface area contributed by atoms with E-state index in [9.17, 15) is 4.21 Å². The molecule has 7 heteroatoms. The Morgan fingerprint density at radius 2 is 2.16 bits per heavy atom. The minimum atomic E-state index is -0.645. The fourth-order valence-corrected chi connectivity index (χ4v) is 4.43. The first-order valence-corrected chi connectivity index (χ1v) is 8.54. The largest absolute Gasteiger partial charge is 0.328 e. The van der Waals surface area contributed by atoms with E-state index in [1.54, 1.807) is 0 Å². The van der Waals surface area contributed by atoms with Crippen LogP contribution in [0.3, 0.4) is 0 Å². The van der Waals surface area contributed by atoms with E-state index in [-0.39, 0.29) is 0 Å². The van der Waals surface area contributed by atoms with Gasteiger partial charge in [0.05, 0.1) is 5.69 Å². The van der Waals surface area contributed by atoms with Crippen molar-refractivity contribution in [3.05, 3.63) is 10.5 Å². The molecule has 0 amide bonds. The smallest absolute Gasteiger partial charge is 0.179 e. The van der Waals surface area contributed by atoms with Crippen LogP contribution in [0.4, 0.5) is 0 Å². The van der Waals surface area contributed by atoms with Crippen LogP contribution in [0.5, 0.6) is 0 Å². The second-order valence-corrected chi connectivity index (χ2v) is 7.06. The summed E-state index contributed by atoms with van der Waals surface area (Å²) in [5, 5.41) is 4.54. The molecule has 0 bridgehead atoms. The Kier molecular flexibility index (Phi) is 3.34. The molecule has 0 atom stereocenters. The average molecular weight is 298 g/mol. The van der Waals surface area contributed by atoms with Gasteiger partial charge in [-0.25, -0.2) is 4.68 Å². The van der Waals surface area contributed by atoms with Gasteiger partial charge in [0.2, 0.25) is 0 Å². The third kappa shape index (κ3) is 2.08. The highest BCUT2D eigenvalue weighted by Crippen LogP contribution is 2.28. The molecule has 1 aliphatic heterocycles. The normalized spacial score (nSPS) is 24.1. The molecular formula is C12H18N4OS2. The molecule has 0 unspecified atom stereocenters. The van der Waals surface area contributed by atoms with Crippen LogP contribution in [-0.2, 0) is 17.3 Å². The highest BCUT2D eigenvalue weighted by Gasteiger charge is 2.24. The maximum atomic E-state index is 11.5. The van der Waals surface area contributed by atoms with Gasteiger partial charge >= 0.3 is 0 Å². The Balaban J connectivity index is 2.14. The lowest BCUT2D eigenvalue weighted by atomic mass is 10.1. The summed E-state index contributed by atoms with van der Waals surface area (Å²) in [6, 6.07) is 0.348. The first-order valence-electron chi connectivity index (χ1n) is 6.64. The van der Waals surface area contributed by atoms with Crippen molar-refractivity contribution in [3.63, 3.8) is 0 Å². The Bertz CT molecular complexity index is 686. The molecule has 5 nitrogen and oxygen atoms in total. The summed E-state index contributed by atoms with van der Waals surface area (Å²) in [5.41, 5.74) is 3.11. The fourth-order valence-electron chi connectivity index (χ4n) is 2.82. The van der Waals surface area contributed by atoms with Crippen molar-refractivity contribution in [1.82, 2.24) is 19.3 Å². The number of nitrogens with zero attached hydrogens (tertiary/aromatic N) is 3. The zero-order valence-corrected chi connectivity index (χ0v) is 12.8. The summed E-state index contributed by atoms with van der Waals surface area (Å²) in [6.07, 6.45) is 1.86. The van der Waals surface area contributed by atoms with Crippen LogP contribution in [0.15, 0.2) is 0 Å². The number of aromatic amines is 1. The highest BCUT2D eigenvalue weighted by molar-refractivity contribution is 7.85. The van der Waals surface area contributed by atoms with Crippen LogP contribution in [0.1, 0.15) is 31.5 Å². The van der Waals surface area contributed by atoms with E-state index < -0.39 is 10.8 Å². The van der Waals surface area contributed by atoms with E-state index in [4.69, 9.17) is 12.2 Å². The van der Waals surface area contributed by atoms with Crippen LogP contribution >= 0.6 is 12.2 Å². The molecular weight excluding hydrogens is 280 g/mol. The molecule has 1 aliphatic rings. The van der Waals surface area contributed by atoms with Crippen molar-refractivity contribution in [2.24, 2.45) is 0 Å². The summed E-state index contributed by atoms with van der Waals surface area (Å²) in [4.78, 5) is 3.28. The molecule has 3 rings (SSSR count). The van der Waals surface area contributed by atoms with E-state index in [1.165, 1.54) is 0 Å². The summed E-state index contributed by atoms with van der Waals surface area (Å²) < 4.78 is 16.5. The fraction of sp³-hybridized carbons (Fsp3) is 0.667. The van der Waals surface area contributed by atoms with Crippen molar-refractivity contribution in [2.45, 2.75) is 39.3 Å². The Labute approximate surface area is 119 Å². The molecule has 2 aromatic heterocycles. The number of fused-ring (bicyclic) bond motifs is 1. The molecule has 104 valence electrons. The van der Waals surface area contributed by atoms with Gasteiger partial charge in [0.1, 0.15) is 5.52 Å². The van der Waals surface area contributed by atoms with Gasteiger partial charge in [-0.15, -0.1) is 0 Å².